The molecule has 0 fully saturated rings. The number of rotatable bonds is 5. The molecule has 8 heteroatoms. The van der Waals surface area contributed by atoms with Crippen LogP contribution in [-0.4, -0.2) is 14.9 Å². The quantitative estimate of drug-likeness (QED) is 0.432. The van der Waals surface area contributed by atoms with Gasteiger partial charge in [-0.15, -0.1) is 0 Å². The maximum absolute atomic E-state index is 10.8. The average Bonchev–Trinajstić information content (AvgIpc) is 2.47. The third-order valence-electron chi connectivity index (χ3n) is 2.66. The number of nitrogens with zero attached hydrogens (tertiary/aromatic N) is 3. The SMILES string of the molecule is CC(Nc1cc([N+](=O)[O-])cc(NN)n1)c1ccccn1. The van der Waals surface area contributed by atoms with E-state index in [4.69, 9.17) is 5.84 Å². The van der Waals surface area contributed by atoms with E-state index in [-0.39, 0.29) is 17.5 Å². The summed E-state index contributed by atoms with van der Waals surface area (Å²) in [5.74, 6) is 5.82. The van der Waals surface area contributed by atoms with Gasteiger partial charge in [-0.2, -0.15) is 0 Å². The van der Waals surface area contributed by atoms with Crippen LogP contribution in [0.3, 0.4) is 0 Å². The predicted molar refractivity (Wildman–Crippen MR) is 75.0 cm³/mol. The van der Waals surface area contributed by atoms with Crippen LogP contribution in [-0.2, 0) is 0 Å². The molecule has 1 atom stereocenters. The fraction of sp³-hybridized carbons (Fsp3) is 0.167. The van der Waals surface area contributed by atoms with Gasteiger partial charge in [0.15, 0.2) is 0 Å². The van der Waals surface area contributed by atoms with Crippen molar-refractivity contribution in [2.75, 3.05) is 10.7 Å². The molecule has 0 spiro atoms. The largest absolute Gasteiger partial charge is 0.362 e. The van der Waals surface area contributed by atoms with Gasteiger partial charge in [-0.3, -0.25) is 15.1 Å². The molecule has 0 aliphatic heterocycles. The van der Waals surface area contributed by atoms with Crippen LogP contribution in [0.2, 0.25) is 0 Å². The van der Waals surface area contributed by atoms with Crippen LogP contribution in [0, 0.1) is 10.1 Å². The molecular weight excluding hydrogens is 260 g/mol. The van der Waals surface area contributed by atoms with Crippen molar-refractivity contribution in [2.45, 2.75) is 13.0 Å². The van der Waals surface area contributed by atoms with Crippen molar-refractivity contribution in [1.29, 1.82) is 0 Å². The number of nitrogens with one attached hydrogen (secondary N) is 2. The first kappa shape index (κ1) is 13.7. The third kappa shape index (κ3) is 3.18. The summed E-state index contributed by atoms with van der Waals surface area (Å²) in [5, 5.41) is 13.9. The van der Waals surface area contributed by atoms with Crippen molar-refractivity contribution < 1.29 is 4.92 Å². The van der Waals surface area contributed by atoms with Crippen molar-refractivity contribution >= 4 is 17.3 Å². The standard InChI is InChI=1S/C12H14N6O2/c1-8(10-4-2-3-5-14-10)15-11-6-9(18(19)20)7-12(16-11)17-13/h2-8H,13H2,1H3,(H2,15,16,17). The van der Waals surface area contributed by atoms with Crippen LogP contribution < -0.4 is 16.6 Å². The predicted octanol–water partition coefficient (Wildman–Crippen LogP) is 1.84. The van der Waals surface area contributed by atoms with E-state index in [1.807, 2.05) is 25.1 Å². The fourth-order valence-electron chi connectivity index (χ4n) is 1.70. The molecule has 0 radical (unpaired) electrons. The van der Waals surface area contributed by atoms with Gasteiger partial charge in [0, 0.05) is 6.20 Å². The van der Waals surface area contributed by atoms with E-state index in [1.54, 1.807) is 6.20 Å². The lowest BCUT2D eigenvalue weighted by atomic mass is 10.2. The Hall–Kier alpha value is -2.74. The van der Waals surface area contributed by atoms with Gasteiger partial charge in [0.05, 0.1) is 28.8 Å². The number of hydrazine groups is 1. The molecule has 0 aliphatic rings. The molecule has 104 valence electrons. The number of anilines is 2. The van der Waals surface area contributed by atoms with Gasteiger partial charge < -0.3 is 10.7 Å². The molecule has 0 bridgehead atoms. The second-order valence-electron chi connectivity index (χ2n) is 4.12. The van der Waals surface area contributed by atoms with Gasteiger partial charge in [0.1, 0.15) is 11.6 Å². The Morgan fingerprint density at radius 3 is 2.70 bits per heavy atom. The van der Waals surface area contributed by atoms with E-state index in [0.29, 0.717) is 5.82 Å². The zero-order valence-electron chi connectivity index (χ0n) is 10.8. The van der Waals surface area contributed by atoms with Crippen LogP contribution in [0.15, 0.2) is 36.5 Å². The molecule has 0 aliphatic carbocycles. The molecule has 0 saturated heterocycles. The molecule has 2 heterocycles. The minimum absolute atomic E-state index is 0.0938. The summed E-state index contributed by atoms with van der Waals surface area (Å²) in [6.45, 7) is 1.89. The second-order valence-corrected chi connectivity index (χ2v) is 4.12. The fourth-order valence-corrected chi connectivity index (χ4v) is 1.70. The van der Waals surface area contributed by atoms with Gasteiger partial charge >= 0.3 is 0 Å². The molecular formula is C12H14N6O2. The van der Waals surface area contributed by atoms with Crippen LogP contribution in [0.1, 0.15) is 18.7 Å². The van der Waals surface area contributed by atoms with Gasteiger partial charge in [-0.05, 0) is 19.1 Å². The van der Waals surface area contributed by atoms with E-state index in [0.717, 1.165) is 5.69 Å². The van der Waals surface area contributed by atoms with E-state index in [2.05, 4.69) is 20.7 Å². The molecule has 2 rings (SSSR count). The minimum atomic E-state index is -0.501. The summed E-state index contributed by atoms with van der Waals surface area (Å²) in [6, 6.07) is 8.01. The van der Waals surface area contributed by atoms with E-state index in [1.165, 1.54) is 12.1 Å². The molecule has 1 unspecified atom stereocenters. The monoisotopic (exact) mass is 274 g/mol. The zero-order chi connectivity index (χ0) is 14.5. The lowest BCUT2D eigenvalue weighted by molar-refractivity contribution is -0.384. The molecule has 20 heavy (non-hydrogen) atoms. The van der Waals surface area contributed by atoms with Gasteiger partial charge in [0.2, 0.25) is 0 Å². The Bertz CT molecular complexity index is 604. The van der Waals surface area contributed by atoms with Crippen molar-refractivity contribution in [3.8, 4) is 0 Å². The molecule has 4 N–H and O–H groups in total. The summed E-state index contributed by atoms with van der Waals surface area (Å²) in [4.78, 5) is 18.7. The first-order valence-electron chi connectivity index (χ1n) is 5.90. The normalized spacial score (nSPS) is 11.7. The van der Waals surface area contributed by atoms with Crippen LogP contribution in [0.25, 0.3) is 0 Å². The Morgan fingerprint density at radius 2 is 2.10 bits per heavy atom. The Balaban J connectivity index is 2.24. The number of aromatic nitrogens is 2. The average molecular weight is 274 g/mol. The summed E-state index contributed by atoms with van der Waals surface area (Å²) < 4.78 is 0. The number of nitro groups is 1. The van der Waals surface area contributed by atoms with Crippen molar-refractivity contribution in [3.63, 3.8) is 0 Å². The molecule has 0 amide bonds. The van der Waals surface area contributed by atoms with Crippen molar-refractivity contribution in [3.05, 3.63) is 52.3 Å². The highest BCUT2D eigenvalue weighted by molar-refractivity contribution is 5.54. The maximum Gasteiger partial charge on any atom is 0.276 e. The van der Waals surface area contributed by atoms with E-state index in [9.17, 15) is 10.1 Å². The van der Waals surface area contributed by atoms with E-state index < -0.39 is 4.92 Å². The van der Waals surface area contributed by atoms with Crippen LogP contribution in [0.5, 0.6) is 0 Å². The van der Waals surface area contributed by atoms with E-state index >= 15 is 0 Å². The summed E-state index contributed by atoms with van der Waals surface area (Å²) in [7, 11) is 0. The maximum atomic E-state index is 10.8. The molecule has 2 aromatic heterocycles. The highest BCUT2D eigenvalue weighted by Gasteiger charge is 2.13. The van der Waals surface area contributed by atoms with Crippen molar-refractivity contribution in [2.24, 2.45) is 5.84 Å². The topological polar surface area (TPSA) is 119 Å². The smallest absolute Gasteiger partial charge is 0.276 e. The Kier molecular flexibility index (Phi) is 4.06. The first-order valence-corrected chi connectivity index (χ1v) is 5.90. The minimum Gasteiger partial charge on any atom is -0.362 e. The molecule has 8 nitrogen and oxygen atoms in total. The zero-order valence-corrected chi connectivity index (χ0v) is 10.8. The molecule has 0 saturated carbocycles. The number of hydrogen-bond acceptors (Lipinski definition) is 7. The summed E-state index contributed by atoms with van der Waals surface area (Å²) >= 11 is 0. The number of nitrogens with two attached hydrogens (primary N) is 1. The molecule has 2 aromatic rings. The molecule has 0 aromatic carbocycles. The number of hydrogen-bond donors (Lipinski definition) is 3. The summed E-state index contributed by atoms with van der Waals surface area (Å²) in [6.07, 6.45) is 1.68. The number of pyridine rings is 2. The van der Waals surface area contributed by atoms with Gasteiger partial charge in [-0.1, -0.05) is 6.07 Å². The lowest BCUT2D eigenvalue weighted by Crippen LogP contribution is -2.13. The lowest BCUT2D eigenvalue weighted by Gasteiger charge is -2.14. The first-order chi connectivity index (χ1) is 9.60. The highest BCUT2D eigenvalue weighted by atomic mass is 16.6. The van der Waals surface area contributed by atoms with Crippen molar-refractivity contribution in [1.82, 2.24) is 9.97 Å². The Labute approximate surface area is 115 Å². The van der Waals surface area contributed by atoms with Crippen LogP contribution in [0.4, 0.5) is 17.3 Å². The number of nitrogen functional groups attached to an aromatic ring is 1. The Morgan fingerprint density at radius 1 is 1.35 bits per heavy atom. The third-order valence-corrected chi connectivity index (χ3v) is 2.66. The van der Waals surface area contributed by atoms with Crippen LogP contribution >= 0.6 is 0 Å². The van der Waals surface area contributed by atoms with Gasteiger partial charge in [-0.25, -0.2) is 10.8 Å². The highest BCUT2D eigenvalue weighted by Crippen LogP contribution is 2.23. The second kappa shape index (κ2) is 5.93. The van der Waals surface area contributed by atoms with Gasteiger partial charge in [0.25, 0.3) is 5.69 Å². The summed E-state index contributed by atoms with van der Waals surface area (Å²) in [5.41, 5.74) is 3.02.